The molecule has 0 bridgehead atoms. The number of hydrogen-bond acceptors (Lipinski definition) is 3. The maximum atomic E-state index is 12.2. The predicted octanol–water partition coefficient (Wildman–Crippen LogP) is 1.72. The van der Waals surface area contributed by atoms with Crippen LogP contribution in [0.5, 0.6) is 0 Å². The quantitative estimate of drug-likeness (QED) is 0.853. The van der Waals surface area contributed by atoms with Gasteiger partial charge in [0.25, 0.3) is 0 Å². The summed E-state index contributed by atoms with van der Waals surface area (Å²) < 4.78 is 1.84. The van der Waals surface area contributed by atoms with Crippen LogP contribution < -0.4 is 11.1 Å². The predicted molar refractivity (Wildman–Crippen MR) is 87.2 cm³/mol. The average molecular weight is 300 g/mol. The number of nitrogens with zero attached hydrogens (tertiary/aromatic N) is 2. The highest BCUT2D eigenvalue weighted by molar-refractivity contribution is 5.79. The van der Waals surface area contributed by atoms with Crippen molar-refractivity contribution in [1.29, 1.82) is 0 Å². The fraction of sp³-hybridized carbons (Fsp3) is 0.412. The lowest BCUT2D eigenvalue weighted by Gasteiger charge is -2.19. The Balaban J connectivity index is 1.85. The van der Waals surface area contributed by atoms with Gasteiger partial charge in [0.05, 0.1) is 12.1 Å². The van der Waals surface area contributed by atoms with Gasteiger partial charge < -0.3 is 11.1 Å². The van der Waals surface area contributed by atoms with Crippen LogP contribution in [0.25, 0.3) is 0 Å². The van der Waals surface area contributed by atoms with Crippen LogP contribution in [0.15, 0.2) is 36.5 Å². The van der Waals surface area contributed by atoms with Crippen molar-refractivity contribution in [3.05, 3.63) is 53.3 Å². The van der Waals surface area contributed by atoms with Crippen LogP contribution in [0.3, 0.4) is 0 Å². The number of nitrogens with one attached hydrogen (secondary N) is 1. The van der Waals surface area contributed by atoms with E-state index in [0.29, 0.717) is 6.54 Å². The van der Waals surface area contributed by atoms with Gasteiger partial charge in [0.2, 0.25) is 5.91 Å². The zero-order chi connectivity index (χ0) is 16.1. The third-order valence-corrected chi connectivity index (χ3v) is 4.17. The van der Waals surface area contributed by atoms with Crippen LogP contribution in [0.2, 0.25) is 0 Å². The van der Waals surface area contributed by atoms with Gasteiger partial charge in [-0.2, -0.15) is 5.10 Å². The molecule has 0 saturated carbocycles. The largest absolute Gasteiger partial charge is 0.355 e. The maximum absolute atomic E-state index is 12.2. The first-order valence-corrected chi connectivity index (χ1v) is 7.56. The van der Waals surface area contributed by atoms with Gasteiger partial charge >= 0.3 is 0 Å². The molecule has 0 aliphatic heterocycles. The Labute approximate surface area is 131 Å². The maximum Gasteiger partial charge on any atom is 0.224 e. The first-order chi connectivity index (χ1) is 10.5. The molecule has 1 heterocycles. The SMILES string of the molecule is Cc1c(CCNC(=O)[C@H](C)[C@H](N)c2ccccc2)cnn1C. The minimum Gasteiger partial charge on any atom is -0.355 e. The summed E-state index contributed by atoms with van der Waals surface area (Å²) in [5.41, 5.74) is 9.44. The summed E-state index contributed by atoms with van der Waals surface area (Å²) in [6, 6.07) is 9.43. The van der Waals surface area contributed by atoms with E-state index in [9.17, 15) is 4.79 Å². The fourth-order valence-corrected chi connectivity index (χ4v) is 2.40. The van der Waals surface area contributed by atoms with Crippen molar-refractivity contribution in [2.75, 3.05) is 6.54 Å². The second-order valence-corrected chi connectivity index (χ2v) is 5.64. The molecule has 118 valence electrons. The van der Waals surface area contributed by atoms with Gasteiger partial charge in [-0.15, -0.1) is 0 Å². The molecule has 3 N–H and O–H groups in total. The van der Waals surface area contributed by atoms with Crippen molar-refractivity contribution in [2.45, 2.75) is 26.3 Å². The van der Waals surface area contributed by atoms with Gasteiger partial charge in [0.1, 0.15) is 0 Å². The Hall–Kier alpha value is -2.14. The molecule has 0 aliphatic rings. The van der Waals surface area contributed by atoms with Gasteiger partial charge in [-0.3, -0.25) is 9.48 Å². The van der Waals surface area contributed by atoms with E-state index < -0.39 is 0 Å². The highest BCUT2D eigenvalue weighted by atomic mass is 16.1. The number of nitrogens with two attached hydrogens (primary N) is 1. The number of aryl methyl sites for hydroxylation is 1. The summed E-state index contributed by atoms with van der Waals surface area (Å²) in [7, 11) is 1.92. The summed E-state index contributed by atoms with van der Waals surface area (Å²) in [6.45, 7) is 4.48. The molecule has 0 aliphatic carbocycles. The summed E-state index contributed by atoms with van der Waals surface area (Å²) in [5.74, 6) is -0.282. The van der Waals surface area contributed by atoms with E-state index in [0.717, 1.165) is 23.2 Å². The fourth-order valence-electron chi connectivity index (χ4n) is 2.40. The highest BCUT2D eigenvalue weighted by Crippen LogP contribution is 2.19. The number of aromatic nitrogens is 2. The second-order valence-electron chi connectivity index (χ2n) is 5.64. The van der Waals surface area contributed by atoms with Gasteiger partial charge in [-0.25, -0.2) is 0 Å². The van der Waals surface area contributed by atoms with Crippen LogP contribution >= 0.6 is 0 Å². The molecule has 0 unspecified atom stereocenters. The summed E-state index contributed by atoms with van der Waals surface area (Å²) >= 11 is 0. The average Bonchev–Trinajstić information content (AvgIpc) is 2.86. The number of carbonyl (C=O) groups is 1. The molecule has 2 rings (SSSR count). The van der Waals surface area contributed by atoms with E-state index in [1.807, 2.05) is 62.1 Å². The number of benzene rings is 1. The number of amides is 1. The molecule has 0 spiro atoms. The van der Waals surface area contributed by atoms with Gasteiger partial charge in [-0.05, 0) is 24.5 Å². The summed E-state index contributed by atoms with van der Waals surface area (Å²) in [5, 5.41) is 7.16. The molecule has 0 radical (unpaired) electrons. The standard InChI is InChI=1S/C17H24N4O/c1-12(16(18)14-7-5-4-6-8-14)17(22)19-10-9-15-11-20-21(3)13(15)2/h4-8,11-12,16H,9-10,18H2,1-3H3,(H,19,22)/t12-,16+/m1/s1. The van der Waals surface area contributed by atoms with Gasteiger partial charge in [0, 0.05) is 25.3 Å². The van der Waals surface area contributed by atoms with Crippen LogP contribution in [-0.4, -0.2) is 22.2 Å². The number of carbonyl (C=O) groups excluding carboxylic acids is 1. The zero-order valence-electron chi connectivity index (χ0n) is 13.4. The molecule has 1 aromatic heterocycles. The highest BCUT2D eigenvalue weighted by Gasteiger charge is 2.21. The lowest BCUT2D eigenvalue weighted by Crippen LogP contribution is -2.36. The third-order valence-electron chi connectivity index (χ3n) is 4.17. The van der Waals surface area contributed by atoms with Crippen molar-refractivity contribution >= 4 is 5.91 Å². The number of hydrogen-bond donors (Lipinski definition) is 2. The lowest BCUT2D eigenvalue weighted by atomic mass is 9.94. The van der Waals surface area contributed by atoms with Gasteiger partial charge in [-0.1, -0.05) is 37.3 Å². The van der Waals surface area contributed by atoms with Crippen molar-refractivity contribution in [3.8, 4) is 0 Å². The molecule has 1 amide bonds. The normalized spacial score (nSPS) is 13.6. The molecule has 2 aromatic rings. The molecule has 0 saturated heterocycles. The van der Waals surface area contributed by atoms with Crippen LogP contribution in [0.1, 0.15) is 29.8 Å². The van der Waals surface area contributed by atoms with Gasteiger partial charge in [0.15, 0.2) is 0 Å². The third kappa shape index (κ3) is 3.74. The second kappa shape index (κ2) is 7.22. The smallest absolute Gasteiger partial charge is 0.224 e. The topological polar surface area (TPSA) is 72.9 Å². The Kier molecular flexibility index (Phi) is 5.33. The van der Waals surface area contributed by atoms with E-state index in [1.165, 1.54) is 0 Å². The Morgan fingerprint density at radius 3 is 2.64 bits per heavy atom. The summed E-state index contributed by atoms with van der Waals surface area (Å²) in [6.07, 6.45) is 2.62. The van der Waals surface area contributed by atoms with E-state index >= 15 is 0 Å². The van der Waals surface area contributed by atoms with Crippen LogP contribution in [0, 0.1) is 12.8 Å². The Morgan fingerprint density at radius 2 is 2.05 bits per heavy atom. The molecule has 5 nitrogen and oxygen atoms in total. The molecule has 0 fully saturated rings. The molecule has 5 heteroatoms. The van der Waals surface area contributed by atoms with Crippen LogP contribution in [-0.2, 0) is 18.3 Å². The summed E-state index contributed by atoms with van der Waals surface area (Å²) in [4.78, 5) is 12.2. The molecule has 2 atom stereocenters. The van der Waals surface area contributed by atoms with E-state index in [-0.39, 0.29) is 17.9 Å². The minimum atomic E-state index is -0.290. The van der Waals surface area contributed by atoms with E-state index in [2.05, 4.69) is 10.4 Å². The van der Waals surface area contributed by atoms with Crippen molar-refractivity contribution in [1.82, 2.24) is 15.1 Å². The van der Waals surface area contributed by atoms with Crippen molar-refractivity contribution < 1.29 is 4.79 Å². The molecule has 22 heavy (non-hydrogen) atoms. The number of rotatable bonds is 6. The minimum absolute atomic E-state index is 0.0158. The molecular formula is C17H24N4O. The Bertz CT molecular complexity index is 621. The lowest BCUT2D eigenvalue weighted by molar-refractivity contribution is -0.125. The van der Waals surface area contributed by atoms with Crippen LogP contribution in [0.4, 0.5) is 0 Å². The van der Waals surface area contributed by atoms with E-state index in [4.69, 9.17) is 5.73 Å². The first-order valence-electron chi connectivity index (χ1n) is 7.56. The zero-order valence-corrected chi connectivity index (χ0v) is 13.4. The first kappa shape index (κ1) is 16.2. The Morgan fingerprint density at radius 1 is 1.36 bits per heavy atom. The van der Waals surface area contributed by atoms with Crippen molar-refractivity contribution in [3.63, 3.8) is 0 Å². The van der Waals surface area contributed by atoms with E-state index in [1.54, 1.807) is 0 Å². The molecule has 1 aromatic carbocycles. The monoisotopic (exact) mass is 300 g/mol. The van der Waals surface area contributed by atoms with Crippen molar-refractivity contribution in [2.24, 2.45) is 18.7 Å². The molecular weight excluding hydrogens is 276 g/mol.